The van der Waals surface area contributed by atoms with Gasteiger partial charge in [-0.3, -0.25) is 0 Å². The minimum absolute atomic E-state index is 0.0650. The van der Waals surface area contributed by atoms with E-state index in [9.17, 15) is 14.7 Å². The van der Waals surface area contributed by atoms with Crippen LogP contribution in [0.2, 0.25) is 0 Å². The van der Waals surface area contributed by atoms with Crippen LogP contribution in [0.4, 0.5) is 4.79 Å². The molecular weight excluding hydrogens is 358 g/mol. The summed E-state index contributed by atoms with van der Waals surface area (Å²) in [5, 5.41) is 11.9. The van der Waals surface area contributed by atoms with Gasteiger partial charge in [0.2, 0.25) is 0 Å². The molecule has 0 radical (unpaired) electrons. The second-order valence-corrected chi connectivity index (χ2v) is 7.77. The molecule has 0 aromatic heterocycles. The fraction of sp³-hybridized carbons (Fsp3) is 0.364. The smallest absolute Gasteiger partial charge is 0.408 e. The lowest BCUT2D eigenvalue weighted by Gasteiger charge is -2.22. The molecule has 2 aromatic carbocycles. The number of aryl methyl sites for hydroxylation is 2. The van der Waals surface area contributed by atoms with Gasteiger partial charge in [0, 0.05) is 6.42 Å². The second kappa shape index (κ2) is 8.78. The quantitative estimate of drug-likeness (QED) is 0.758. The Kier molecular flexibility index (Phi) is 6.67. The Hall–Kier alpha value is -3.02. The monoisotopic (exact) mass is 385 g/mol. The molecule has 0 aliphatic heterocycles. The summed E-state index contributed by atoms with van der Waals surface area (Å²) in [6.07, 6.45) is -0.706. The number of hydrogen-bond acceptors (Lipinski definition) is 4. The summed E-state index contributed by atoms with van der Waals surface area (Å²) in [5.74, 6) is 0.0775. The molecule has 0 bridgehead atoms. The Bertz CT molecular complexity index is 834. The molecule has 6 nitrogen and oxygen atoms in total. The van der Waals surface area contributed by atoms with Crippen LogP contribution in [0.25, 0.3) is 0 Å². The Morgan fingerprint density at radius 1 is 1.07 bits per heavy atom. The van der Waals surface area contributed by atoms with Gasteiger partial charge in [-0.15, -0.1) is 0 Å². The zero-order chi connectivity index (χ0) is 20.9. The van der Waals surface area contributed by atoms with Gasteiger partial charge in [-0.05, 0) is 69.5 Å². The van der Waals surface area contributed by atoms with Crippen LogP contribution < -0.4 is 10.1 Å². The van der Waals surface area contributed by atoms with Crippen molar-refractivity contribution < 1.29 is 24.2 Å². The summed E-state index contributed by atoms with van der Waals surface area (Å²) in [5.41, 5.74) is 2.10. The largest absolute Gasteiger partial charge is 0.480 e. The third kappa shape index (κ3) is 6.61. The highest BCUT2D eigenvalue weighted by Crippen LogP contribution is 2.28. The number of hydrogen-bond donors (Lipinski definition) is 2. The molecule has 0 spiro atoms. The van der Waals surface area contributed by atoms with Crippen molar-refractivity contribution in [1.29, 1.82) is 0 Å². The van der Waals surface area contributed by atoms with E-state index in [-0.39, 0.29) is 6.42 Å². The Morgan fingerprint density at radius 2 is 1.68 bits per heavy atom. The van der Waals surface area contributed by atoms with Crippen molar-refractivity contribution in [2.45, 2.75) is 52.7 Å². The topological polar surface area (TPSA) is 84.9 Å². The van der Waals surface area contributed by atoms with E-state index in [1.807, 2.05) is 38.1 Å². The van der Waals surface area contributed by atoms with Gasteiger partial charge >= 0.3 is 12.1 Å². The summed E-state index contributed by atoms with van der Waals surface area (Å²) in [6, 6.07) is 11.9. The molecule has 0 aliphatic rings. The molecule has 0 fully saturated rings. The highest BCUT2D eigenvalue weighted by molar-refractivity contribution is 5.80. The number of nitrogens with one attached hydrogen (secondary N) is 1. The van der Waals surface area contributed by atoms with Crippen molar-refractivity contribution >= 4 is 12.1 Å². The minimum atomic E-state index is -1.15. The first-order chi connectivity index (χ1) is 13.0. The van der Waals surface area contributed by atoms with Crippen molar-refractivity contribution in [3.8, 4) is 11.5 Å². The first-order valence-electron chi connectivity index (χ1n) is 9.10. The van der Waals surface area contributed by atoms with Gasteiger partial charge in [-0.2, -0.15) is 0 Å². The molecule has 150 valence electrons. The van der Waals surface area contributed by atoms with Crippen LogP contribution >= 0.6 is 0 Å². The molecule has 1 unspecified atom stereocenters. The number of benzene rings is 2. The van der Waals surface area contributed by atoms with E-state index in [1.54, 1.807) is 39.0 Å². The number of alkyl carbamates (subject to hydrolysis) is 1. The van der Waals surface area contributed by atoms with Crippen LogP contribution in [0.5, 0.6) is 11.5 Å². The Morgan fingerprint density at radius 3 is 2.25 bits per heavy atom. The van der Waals surface area contributed by atoms with Crippen molar-refractivity contribution in [3.05, 3.63) is 59.2 Å². The van der Waals surface area contributed by atoms with E-state index in [1.165, 1.54) is 0 Å². The molecule has 6 heteroatoms. The first-order valence-corrected chi connectivity index (χ1v) is 9.10. The van der Waals surface area contributed by atoms with Gasteiger partial charge < -0.3 is 19.9 Å². The third-order valence-corrected chi connectivity index (χ3v) is 3.81. The maximum atomic E-state index is 12.0. The molecule has 2 N–H and O–H groups in total. The number of para-hydroxylation sites is 1. The second-order valence-electron chi connectivity index (χ2n) is 7.77. The molecular formula is C22H27NO5. The number of carboxylic acids is 1. The molecule has 0 saturated carbocycles. The lowest BCUT2D eigenvalue weighted by atomic mass is 10.0. The van der Waals surface area contributed by atoms with E-state index >= 15 is 0 Å². The number of carbonyl (C=O) groups excluding carboxylic acids is 1. The van der Waals surface area contributed by atoms with Crippen LogP contribution in [0.1, 0.15) is 37.5 Å². The van der Waals surface area contributed by atoms with E-state index in [0.29, 0.717) is 17.1 Å². The highest BCUT2D eigenvalue weighted by Gasteiger charge is 2.25. The zero-order valence-corrected chi connectivity index (χ0v) is 16.9. The van der Waals surface area contributed by atoms with Gasteiger partial charge in [0.25, 0.3) is 0 Å². The zero-order valence-electron chi connectivity index (χ0n) is 16.9. The summed E-state index contributed by atoms with van der Waals surface area (Å²) >= 11 is 0. The predicted molar refractivity (Wildman–Crippen MR) is 107 cm³/mol. The molecule has 28 heavy (non-hydrogen) atoms. The van der Waals surface area contributed by atoms with Crippen molar-refractivity contribution in [3.63, 3.8) is 0 Å². The minimum Gasteiger partial charge on any atom is -0.480 e. The number of amides is 1. The summed E-state index contributed by atoms with van der Waals surface area (Å²) < 4.78 is 11.2. The van der Waals surface area contributed by atoms with Crippen LogP contribution in [-0.2, 0) is 16.0 Å². The SMILES string of the molecule is Cc1cc(C)cc(Oc2ccccc2CC(NC(=O)OC(C)(C)C)C(=O)O)c1. The van der Waals surface area contributed by atoms with Gasteiger partial charge in [-0.1, -0.05) is 24.3 Å². The number of aliphatic carboxylic acids is 1. The van der Waals surface area contributed by atoms with Gasteiger partial charge in [-0.25, -0.2) is 9.59 Å². The van der Waals surface area contributed by atoms with Gasteiger partial charge in [0.15, 0.2) is 0 Å². The number of carboxylic acid groups (broad SMARTS) is 1. The van der Waals surface area contributed by atoms with Crippen LogP contribution in [0.15, 0.2) is 42.5 Å². The van der Waals surface area contributed by atoms with Crippen LogP contribution in [0.3, 0.4) is 0 Å². The fourth-order valence-corrected chi connectivity index (χ4v) is 2.76. The fourth-order valence-electron chi connectivity index (χ4n) is 2.76. The molecule has 1 amide bonds. The number of carbonyl (C=O) groups is 2. The summed E-state index contributed by atoms with van der Waals surface area (Å²) in [6.45, 7) is 9.12. The van der Waals surface area contributed by atoms with E-state index < -0.39 is 23.7 Å². The van der Waals surface area contributed by atoms with E-state index in [4.69, 9.17) is 9.47 Å². The molecule has 0 heterocycles. The molecule has 1 atom stereocenters. The van der Waals surface area contributed by atoms with E-state index in [2.05, 4.69) is 5.32 Å². The first kappa shape index (κ1) is 21.3. The third-order valence-electron chi connectivity index (χ3n) is 3.81. The van der Waals surface area contributed by atoms with Crippen molar-refractivity contribution in [2.75, 3.05) is 0 Å². The van der Waals surface area contributed by atoms with Crippen LogP contribution in [0, 0.1) is 13.8 Å². The van der Waals surface area contributed by atoms with Gasteiger partial charge in [0.1, 0.15) is 23.1 Å². The average molecular weight is 385 g/mol. The summed E-state index contributed by atoms with van der Waals surface area (Å²) in [4.78, 5) is 23.6. The standard InChI is InChI=1S/C22H27NO5/c1-14-10-15(2)12-17(11-14)27-19-9-7-6-8-16(19)13-18(20(24)25)23-21(26)28-22(3,4)5/h6-12,18H,13H2,1-5H3,(H,23,26)(H,24,25). The average Bonchev–Trinajstić information content (AvgIpc) is 2.53. The maximum Gasteiger partial charge on any atom is 0.408 e. The summed E-state index contributed by atoms with van der Waals surface area (Å²) in [7, 11) is 0. The number of ether oxygens (including phenoxy) is 2. The predicted octanol–water partition coefficient (Wildman–Crippen LogP) is 4.62. The Balaban J connectivity index is 2.19. The lowest BCUT2D eigenvalue weighted by molar-refractivity contribution is -0.139. The lowest BCUT2D eigenvalue weighted by Crippen LogP contribution is -2.44. The molecule has 2 aromatic rings. The van der Waals surface area contributed by atoms with Gasteiger partial charge in [0.05, 0.1) is 0 Å². The molecule has 2 rings (SSSR count). The molecule has 0 saturated heterocycles. The van der Waals surface area contributed by atoms with Crippen LogP contribution in [-0.4, -0.2) is 28.8 Å². The van der Waals surface area contributed by atoms with Crippen molar-refractivity contribution in [2.24, 2.45) is 0 Å². The maximum absolute atomic E-state index is 12.0. The molecule has 0 aliphatic carbocycles. The van der Waals surface area contributed by atoms with E-state index in [0.717, 1.165) is 11.1 Å². The number of rotatable bonds is 6. The van der Waals surface area contributed by atoms with Crippen molar-refractivity contribution in [1.82, 2.24) is 5.32 Å². The normalized spacial score (nSPS) is 12.2. The Labute approximate surface area is 165 Å². The highest BCUT2D eigenvalue weighted by atomic mass is 16.6.